The molecule has 0 saturated carbocycles. The van der Waals surface area contributed by atoms with Crippen molar-refractivity contribution in [1.29, 1.82) is 0 Å². The number of carbonyl (C=O) groups is 1. The van der Waals surface area contributed by atoms with Crippen LogP contribution in [0.15, 0.2) is 91.0 Å². The molecule has 202 valence electrons. The van der Waals surface area contributed by atoms with Gasteiger partial charge in [-0.15, -0.1) is 0 Å². The maximum absolute atomic E-state index is 13.1. The molecule has 1 aliphatic heterocycles. The van der Waals surface area contributed by atoms with E-state index in [0.717, 1.165) is 5.56 Å². The van der Waals surface area contributed by atoms with Gasteiger partial charge in [0.25, 0.3) is 8.32 Å². The van der Waals surface area contributed by atoms with Gasteiger partial charge in [0.2, 0.25) is 0 Å². The highest BCUT2D eigenvalue weighted by Gasteiger charge is 2.53. The first kappa shape index (κ1) is 28.2. The molecule has 3 aromatic rings. The summed E-state index contributed by atoms with van der Waals surface area (Å²) in [5.74, 6) is -0.527. The first-order valence-electron chi connectivity index (χ1n) is 13.5. The van der Waals surface area contributed by atoms with E-state index in [2.05, 4.69) is 93.3 Å². The number of ether oxygens (including phenoxy) is 1. The Morgan fingerprint density at radius 3 is 1.89 bits per heavy atom. The summed E-state index contributed by atoms with van der Waals surface area (Å²) < 4.78 is 12.5. The average molecular weight is 532 g/mol. The molecule has 6 heteroatoms. The van der Waals surface area contributed by atoms with Gasteiger partial charge in [-0.2, -0.15) is 0 Å². The topological polar surface area (TPSA) is 59.0 Å². The van der Waals surface area contributed by atoms with Gasteiger partial charge in [-0.1, -0.05) is 112 Å². The zero-order valence-electron chi connectivity index (χ0n) is 23.2. The number of benzene rings is 3. The highest BCUT2D eigenvalue weighted by Crippen LogP contribution is 2.41. The molecule has 1 fully saturated rings. The van der Waals surface area contributed by atoms with Crippen molar-refractivity contribution < 1.29 is 19.1 Å². The molecule has 0 radical (unpaired) electrons. The van der Waals surface area contributed by atoms with E-state index in [1.165, 1.54) is 17.5 Å². The van der Waals surface area contributed by atoms with Crippen molar-refractivity contribution in [2.75, 3.05) is 20.3 Å². The number of esters is 1. The van der Waals surface area contributed by atoms with Gasteiger partial charge in [0.15, 0.2) is 0 Å². The van der Waals surface area contributed by atoms with Crippen molar-refractivity contribution in [2.24, 2.45) is 5.92 Å². The van der Waals surface area contributed by atoms with Crippen molar-refractivity contribution >= 4 is 24.7 Å². The van der Waals surface area contributed by atoms with Crippen molar-refractivity contribution in [3.8, 4) is 0 Å². The number of likely N-dealkylation sites (tertiary alicyclic amines) is 1. The zero-order valence-corrected chi connectivity index (χ0v) is 24.2. The molecule has 1 N–H and O–H groups in total. The predicted octanol–water partition coefficient (Wildman–Crippen LogP) is 4.55. The summed E-state index contributed by atoms with van der Waals surface area (Å²) in [7, 11) is -1.33. The van der Waals surface area contributed by atoms with Gasteiger partial charge < -0.3 is 14.3 Å². The third kappa shape index (κ3) is 5.36. The Kier molecular flexibility index (Phi) is 8.88. The van der Waals surface area contributed by atoms with Crippen LogP contribution in [0.4, 0.5) is 0 Å². The molecular formula is C32H41NO4Si. The second-order valence-corrected chi connectivity index (χ2v) is 15.6. The molecule has 4 rings (SSSR count). The quantitative estimate of drug-likeness (QED) is 0.324. The fourth-order valence-electron chi connectivity index (χ4n) is 6.28. The first-order chi connectivity index (χ1) is 18.2. The lowest BCUT2D eigenvalue weighted by molar-refractivity contribution is -0.149. The summed E-state index contributed by atoms with van der Waals surface area (Å²) in [6.45, 7) is 9.31. The van der Waals surface area contributed by atoms with Crippen molar-refractivity contribution in [2.45, 2.75) is 57.3 Å². The molecule has 0 unspecified atom stereocenters. The van der Waals surface area contributed by atoms with Gasteiger partial charge in [-0.05, 0) is 34.3 Å². The van der Waals surface area contributed by atoms with Crippen molar-refractivity contribution in [1.82, 2.24) is 4.90 Å². The minimum Gasteiger partial charge on any atom is -0.468 e. The lowest BCUT2D eigenvalue weighted by Crippen LogP contribution is -2.67. The van der Waals surface area contributed by atoms with Crippen molar-refractivity contribution in [3.63, 3.8) is 0 Å². The molecule has 1 heterocycles. The Labute approximate surface area is 228 Å². The van der Waals surface area contributed by atoms with Crippen LogP contribution >= 0.6 is 0 Å². The zero-order chi connectivity index (χ0) is 27.3. The maximum Gasteiger partial charge on any atom is 0.323 e. The van der Waals surface area contributed by atoms with Crippen molar-refractivity contribution in [3.05, 3.63) is 96.6 Å². The summed E-state index contributed by atoms with van der Waals surface area (Å²) in [6.07, 6.45) is 0.658. The van der Waals surface area contributed by atoms with Gasteiger partial charge in [-0.3, -0.25) is 9.69 Å². The highest BCUT2D eigenvalue weighted by molar-refractivity contribution is 6.99. The van der Waals surface area contributed by atoms with Crippen LogP contribution in [-0.2, 0) is 14.0 Å². The minimum absolute atomic E-state index is 0.0513. The molecule has 0 aliphatic carbocycles. The smallest absolute Gasteiger partial charge is 0.323 e. The standard InChI is InChI=1S/C32H41NO4Si/c1-24(25-15-9-6-10-16-25)33-27(21-26(22-34)30(33)31(35)36-5)23-37-38(32(2,3)4,28-17-11-7-12-18-28)29-19-13-8-14-20-29/h6-20,24,26-27,30,34H,21-23H2,1-5H3/t24-,26-,27+,30+/m0/s1. The number of hydrogen-bond donors (Lipinski definition) is 1. The number of aliphatic hydroxyl groups excluding tert-OH is 1. The van der Waals surface area contributed by atoms with Gasteiger partial charge in [0, 0.05) is 24.6 Å². The number of carbonyl (C=O) groups excluding carboxylic acids is 1. The van der Waals surface area contributed by atoms with E-state index in [1.54, 1.807) is 0 Å². The molecule has 0 aromatic heterocycles. The maximum atomic E-state index is 13.1. The molecule has 0 bridgehead atoms. The molecule has 1 saturated heterocycles. The number of nitrogens with zero attached hydrogens (tertiary/aromatic N) is 1. The number of hydrogen-bond acceptors (Lipinski definition) is 5. The van der Waals surface area contributed by atoms with E-state index >= 15 is 0 Å². The van der Waals surface area contributed by atoms with Crippen LogP contribution in [0.25, 0.3) is 0 Å². The predicted molar refractivity (Wildman–Crippen MR) is 155 cm³/mol. The van der Waals surface area contributed by atoms with Crippen LogP contribution in [0.3, 0.4) is 0 Å². The molecule has 4 atom stereocenters. The summed E-state index contributed by atoms with van der Waals surface area (Å²) in [4.78, 5) is 15.3. The molecule has 0 spiro atoms. The lowest BCUT2D eigenvalue weighted by atomic mass is 9.99. The molecule has 5 nitrogen and oxygen atoms in total. The van der Waals surface area contributed by atoms with Gasteiger partial charge >= 0.3 is 5.97 Å². The van der Waals surface area contributed by atoms with Crippen LogP contribution in [0.5, 0.6) is 0 Å². The summed E-state index contributed by atoms with van der Waals surface area (Å²) in [5.41, 5.74) is 1.12. The summed E-state index contributed by atoms with van der Waals surface area (Å²) >= 11 is 0. The Morgan fingerprint density at radius 2 is 1.45 bits per heavy atom. The fourth-order valence-corrected chi connectivity index (χ4v) is 10.9. The average Bonchev–Trinajstić information content (AvgIpc) is 3.32. The second kappa shape index (κ2) is 12.0. The summed E-state index contributed by atoms with van der Waals surface area (Å²) in [6, 6.07) is 30.8. The summed E-state index contributed by atoms with van der Waals surface area (Å²) in [5, 5.41) is 12.6. The Bertz CT molecular complexity index is 1130. The van der Waals surface area contributed by atoms with Crippen LogP contribution in [-0.4, -0.2) is 56.7 Å². The van der Waals surface area contributed by atoms with E-state index in [0.29, 0.717) is 13.0 Å². The first-order valence-corrected chi connectivity index (χ1v) is 15.4. The Morgan fingerprint density at radius 1 is 0.947 bits per heavy atom. The third-order valence-electron chi connectivity index (χ3n) is 8.08. The van der Waals surface area contributed by atoms with Gasteiger partial charge in [0.1, 0.15) is 6.04 Å². The van der Waals surface area contributed by atoms with E-state index in [1.807, 2.05) is 30.3 Å². The molecule has 0 amide bonds. The molecule has 3 aromatic carbocycles. The van der Waals surface area contributed by atoms with Crippen LogP contribution < -0.4 is 10.4 Å². The number of rotatable bonds is 9. The van der Waals surface area contributed by atoms with Crippen LogP contribution in [0.2, 0.25) is 5.04 Å². The van der Waals surface area contributed by atoms with Gasteiger partial charge in [-0.25, -0.2) is 0 Å². The SMILES string of the molecule is COC(=O)[C@H]1[C@H](CO)C[C@H](CO[Si](c2ccccc2)(c2ccccc2)C(C)(C)C)N1[C@@H](C)c1ccccc1. The molecule has 1 aliphatic rings. The van der Waals surface area contributed by atoms with E-state index in [9.17, 15) is 9.90 Å². The normalized spacial score (nSPS) is 21.3. The second-order valence-electron chi connectivity index (χ2n) is 11.3. The molecular weight excluding hydrogens is 490 g/mol. The van der Waals surface area contributed by atoms with Crippen LogP contribution in [0.1, 0.15) is 45.7 Å². The van der Waals surface area contributed by atoms with Crippen LogP contribution in [0, 0.1) is 5.92 Å². The molecule has 38 heavy (non-hydrogen) atoms. The fraction of sp³-hybridized carbons (Fsp3) is 0.406. The minimum atomic E-state index is -2.76. The lowest BCUT2D eigenvalue weighted by Gasteiger charge is -2.44. The Balaban J connectivity index is 1.77. The number of methoxy groups -OCH3 is 1. The monoisotopic (exact) mass is 531 g/mol. The Hall–Kier alpha value is -2.77. The van der Waals surface area contributed by atoms with Gasteiger partial charge in [0.05, 0.1) is 13.7 Å². The largest absolute Gasteiger partial charge is 0.468 e. The number of aliphatic hydroxyl groups is 1. The third-order valence-corrected chi connectivity index (χ3v) is 13.1. The van der Waals surface area contributed by atoms with E-state index in [4.69, 9.17) is 9.16 Å². The van der Waals surface area contributed by atoms with E-state index in [-0.39, 0.29) is 35.6 Å². The van der Waals surface area contributed by atoms with E-state index < -0.39 is 14.4 Å². The highest BCUT2D eigenvalue weighted by atomic mass is 28.4.